The lowest BCUT2D eigenvalue weighted by Crippen LogP contribution is -2.11. The number of furan rings is 3. The Hall–Kier alpha value is -7.82. The number of hydrogen-bond donors (Lipinski definition) is 0. The largest absolute Gasteiger partial charge is 0.456 e. The zero-order chi connectivity index (χ0) is 38.2. The summed E-state index contributed by atoms with van der Waals surface area (Å²) in [5.74, 6) is 0. The van der Waals surface area contributed by atoms with E-state index in [0.29, 0.717) is 0 Å². The van der Waals surface area contributed by atoms with Crippen LogP contribution in [0.2, 0.25) is 0 Å². The van der Waals surface area contributed by atoms with Crippen LogP contribution in [0, 0.1) is 0 Å². The molecule has 0 saturated heterocycles. The highest BCUT2D eigenvalue weighted by molar-refractivity contribution is 6.24. The first-order valence-electron chi connectivity index (χ1n) is 19.6. The highest BCUT2D eigenvalue weighted by atomic mass is 16.3. The minimum Gasteiger partial charge on any atom is -0.456 e. The fourth-order valence-electron chi connectivity index (χ4n) is 8.82. The van der Waals surface area contributed by atoms with Gasteiger partial charge < -0.3 is 18.2 Å². The van der Waals surface area contributed by atoms with Crippen LogP contribution in [0.3, 0.4) is 0 Å². The molecule has 0 aliphatic rings. The van der Waals surface area contributed by atoms with Crippen LogP contribution in [0.1, 0.15) is 0 Å². The fraction of sp³-hybridized carbons (Fsp3) is 0. The van der Waals surface area contributed by atoms with E-state index in [1.807, 2.05) is 30.3 Å². The molecule has 12 aromatic rings. The summed E-state index contributed by atoms with van der Waals surface area (Å²) < 4.78 is 20.4. The number of rotatable bonds is 6. The third-order valence-corrected chi connectivity index (χ3v) is 11.5. The number of hydrogen-bond acceptors (Lipinski definition) is 4. The lowest BCUT2D eigenvalue weighted by Gasteiger charge is -2.27. The van der Waals surface area contributed by atoms with E-state index in [2.05, 4.69) is 175 Å². The summed E-state index contributed by atoms with van der Waals surface area (Å²) in [5, 5.41) is 6.28. The SMILES string of the molecule is c1ccc(-c2ccc(-c3c4oc5cc(N(c6ccccc6-c6ccccc6)c6cccc7c6oc6ccccc67)ccc5c4cc4oc5ccccc5c34)cc2)cc1. The molecule has 9 aromatic carbocycles. The van der Waals surface area contributed by atoms with Crippen molar-refractivity contribution < 1.29 is 13.3 Å². The molecule has 0 unspecified atom stereocenters. The van der Waals surface area contributed by atoms with Crippen molar-refractivity contribution in [2.75, 3.05) is 4.90 Å². The molecular formula is C54H33NO3. The molecule has 0 radical (unpaired) electrons. The van der Waals surface area contributed by atoms with Crippen LogP contribution >= 0.6 is 0 Å². The van der Waals surface area contributed by atoms with Gasteiger partial charge in [-0.25, -0.2) is 0 Å². The Morgan fingerprint density at radius 3 is 1.71 bits per heavy atom. The van der Waals surface area contributed by atoms with Gasteiger partial charge in [0.2, 0.25) is 0 Å². The van der Waals surface area contributed by atoms with E-state index in [1.165, 1.54) is 5.56 Å². The smallest absolute Gasteiger partial charge is 0.159 e. The van der Waals surface area contributed by atoms with Crippen molar-refractivity contribution >= 4 is 82.9 Å². The molecule has 0 N–H and O–H groups in total. The molecule has 58 heavy (non-hydrogen) atoms. The van der Waals surface area contributed by atoms with E-state index in [4.69, 9.17) is 13.3 Å². The second-order valence-electron chi connectivity index (χ2n) is 14.8. The molecule has 272 valence electrons. The molecule has 0 spiro atoms. The summed E-state index contributed by atoms with van der Waals surface area (Å²) in [6.07, 6.45) is 0. The Labute approximate surface area is 333 Å². The van der Waals surface area contributed by atoms with Gasteiger partial charge >= 0.3 is 0 Å². The maximum atomic E-state index is 7.10. The van der Waals surface area contributed by atoms with Crippen molar-refractivity contribution in [3.8, 4) is 33.4 Å². The van der Waals surface area contributed by atoms with E-state index in [9.17, 15) is 0 Å². The van der Waals surface area contributed by atoms with E-state index in [-0.39, 0.29) is 0 Å². The Morgan fingerprint density at radius 1 is 0.310 bits per heavy atom. The first-order valence-corrected chi connectivity index (χ1v) is 19.6. The van der Waals surface area contributed by atoms with Crippen molar-refractivity contribution in [2.24, 2.45) is 0 Å². The molecule has 0 aliphatic carbocycles. The van der Waals surface area contributed by atoms with Crippen molar-refractivity contribution in [1.82, 2.24) is 0 Å². The molecule has 4 heteroatoms. The lowest BCUT2D eigenvalue weighted by molar-refractivity contribution is 0.664. The maximum Gasteiger partial charge on any atom is 0.159 e. The normalized spacial score (nSPS) is 11.8. The standard InChI is InChI=1S/C54H33NO3/c1-3-14-34(15-4-1)35-26-28-37(29-27-35)51-52-43-20-9-12-25-48(43)56-50(52)33-44-41-31-30-38(32-49(41)58-54(44)51)55(45-22-10-7-18-39(45)36-16-5-2-6-17-36)46-23-13-21-42-40-19-8-11-24-47(40)57-53(42)46/h1-33H. The van der Waals surface area contributed by atoms with Gasteiger partial charge in [0.15, 0.2) is 5.58 Å². The summed E-state index contributed by atoms with van der Waals surface area (Å²) in [5.41, 5.74) is 14.6. The minimum absolute atomic E-state index is 0.783. The fourth-order valence-corrected chi connectivity index (χ4v) is 8.82. The Kier molecular flexibility index (Phi) is 7.20. The number of fused-ring (bicyclic) bond motifs is 9. The Bertz CT molecular complexity index is 3500. The Morgan fingerprint density at radius 2 is 0.897 bits per heavy atom. The molecule has 12 rings (SSSR count). The lowest BCUT2D eigenvalue weighted by atomic mass is 9.95. The molecule has 0 atom stereocenters. The zero-order valence-corrected chi connectivity index (χ0v) is 31.2. The van der Waals surface area contributed by atoms with Crippen molar-refractivity contribution in [3.63, 3.8) is 0 Å². The molecule has 4 nitrogen and oxygen atoms in total. The van der Waals surface area contributed by atoms with Crippen LogP contribution in [0.5, 0.6) is 0 Å². The van der Waals surface area contributed by atoms with Crippen LogP contribution in [0.25, 0.3) is 99.2 Å². The number of para-hydroxylation sites is 4. The second-order valence-corrected chi connectivity index (χ2v) is 14.8. The second kappa shape index (κ2) is 12.9. The molecule has 0 saturated carbocycles. The van der Waals surface area contributed by atoms with E-state index in [1.54, 1.807) is 0 Å². The molecule has 0 amide bonds. The van der Waals surface area contributed by atoms with Crippen molar-refractivity contribution in [3.05, 3.63) is 200 Å². The number of nitrogens with zero attached hydrogens (tertiary/aromatic N) is 1. The summed E-state index contributed by atoms with van der Waals surface area (Å²) in [7, 11) is 0. The summed E-state index contributed by atoms with van der Waals surface area (Å²) in [4.78, 5) is 2.31. The van der Waals surface area contributed by atoms with Gasteiger partial charge in [0.1, 0.15) is 27.9 Å². The average molecular weight is 744 g/mol. The van der Waals surface area contributed by atoms with Crippen molar-refractivity contribution in [2.45, 2.75) is 0 Å². The number of benzene rings is 9. The van der Waals surface area contributed by atoms with Gasteiger partial charge in [0.25, 0.3) is 0 Å². The first-order chi connectivity index (χ1) is 28.8. The van der Waals surface area contributed by atoms with Gasteiger partial charge in [-0.15, -0.1) is 0 Å². The number of anilines is 3. The van der Waals surface area contributed by atoms with Crippen LogP contribution in [0.4, 0.5) is 17.1 Å². The van der Waals surface area contributed by atoms with Crippen LogP contribution in [0.15, 0.2) is 213 Å². The molecular weight excluding hydrogens is 711 g/mol. The van der Waals surface area contributed by atoms with Gasteiger partial charge in [-0.1, -0.05) is 152 Å². The third kappa shape index (κ3) is 5.02. The van der Waals surface area contributed by atoms with E-state index in [0.717, 1.165) is 111 Å². The van der Waals surface area contributed by atoms with Gasteiger partial charge in [0.05, 0.1) is 17.1 Å². The highest BCUT2D eigenvalue weighted by Crippen LogP contribution is 2.49. The van der Waals surface area contributed by atoms with E-state index < -0.39 is 0 Å². The molecule has 3 heterocycles. The maximum absolute atomic E-state index is 7.10. The highest BCUT2D eigenvalue weighted by Gasteiger charge is 2.25. The predicted molar refractivity (Wildman–Crippen MR) is 239 cm³/mol. The van der Waals surface area contributed by atoms with E-state index >= 15 is 0 Å². The molecule has 0 aliphatic heterocycles. The monoisotopic (exact) mass is 743 g/mol. The summed E-state index contributed by atoms with van der Waals surface area (Å²) in [6.45, 7) is 0. The first kappa shape index (κ1) is 32.4. The van der Waals surface area contributed by atoms with Crippen LogP contribution in [-0.4, -0.2) is 0 Å². The zero-order valence-electron chi connectivity index (χ0n) is 31.2. The van der Waals surface area contributed by atoms with Gasteiger partial charge in [-0.3, -0.25) is 0 Å². The topological polar surface area (TPSA) is 42.7 Å². The minimum atomic E-state index is 0.783. The quantitative estimate of drug-likeness (QED) is 0.170. The molecule has 3 aromatic heterocycles. The van der Waals surface area contributed by atoms with Gasteiger partial charge in [-0.05, 0) is 64.7 Å². The van der Waals surface area contributed by atoms with Gasteiger partial charge in [0, 0.05) is 49.5 Å². The van der Waals surface area contributed by atoms with Gasteiger partial charge in [-0.2, -0.15) is 0 Å². The summed E-state index contributed by atoms with van der Waals surface area (Å²) in [6, 6.07) is 70.0. The molecule has 0 bridgehead atoms. The Balaban J connectivity index is 1.11. The summed E-state index contributed by atoms with van der Waals surface area (Å²) >= 11 is 0. The average Bonchev–Trinajstić information content (AvgIpc) is 3.98. The predicted octanol–water partition coefficient (Wildman–Crippen LogP) is 15.9. The third-order valence-electron chi connectivity index (χ3n) is 11.5. The van der Waals surface area contributed by atoms with Crippen molar-refractivity contribution in [1.29, 1.82) is 0 Å². The van der Waals surface area contributed by atoms with Crippen LogP contribution in [-0.2, 0) is 0 Å². The molecule has 0 fully saturated rings. The van der Waals surface area contributed by atoms with Crippen LogP contribution < -0.4 is 4.90 Å².